The monoisotopic (exact) mass is 393 g/mol. The lowest BCUT2D eigenvalue weighted by atomic mass is 10.0. The van der Waals surface area contributed by atoms with Crippen molar-refractivity contribution in [3.63, 3.8) is 0 Å². The van der Waals surface area contributed by atoms with Crippen molar-refractivity contribution >= 4 is 22.7 Å². The standard InChI is InChI=1S/C23H27N3O3/c1-3-17-8-10-19(11-9-17)29-13-12-24-23(28)22(26-16(2)27)14-18-15-25-21-7-5-4-6-20(18)21/h4-11,15,22,25H,3,12-14H2,1-2H3,(H,24,28)(H,26,27). The minimum Gasteiger partial charge on any atom is -0.492 e. The van der Waals surface area contributed by atoms with Gasteiger partial charge in [0, 0.05) is 30.4 Å². The summed E-state index contributed by atoms with van der Waals surface area (Å²) >= 11 is 0. The van der Waals surface area contributed by atoms with E-state index in [1.165, 1.54) is 12.5 Å². The van der Waals surface area contributed by atoms with Gasteiger partial charge in [0.2, 0.25) is 11.8 Å². The average molecular weight is 393 g/mol. The van der Waals surface area contributed by atoms with Crippen molar-refractivity contribution in [3.05, 3.63) is 65.9 Å². The molecule has 0 spiro atoms. The van der Waals surface area contributed by atoms with Gasteiger partial charge >= 0.3 is 0 Å². The number of carbonyl (C=O) groups is 2. The molecule has 1 heterocycles. The number of nitrogens with one attached hydrogen (secondary N) is 3. The Morgan fingerprint density at radius 3 is 2.59 bits per heavy atom. The van der Waals surface area contributed by atoms with Crippen LogP contribution >= 0.6 is 0 Å². The smallest absolute Gasteiger partial charge is 0.243 e. The van der Waals surface area contributed by atoms with Gasteiger partial charge in [-0.05, 0) is 35.7 Å². The zero-order valence-corrected chi connectivity index (χ0v) is 16.8. The molecule has 152 valence electrons. The van der Waals surface area contributed by atoms with E-state index in [-0.39, 0.29) is 11.8 Å². The molecule has 6 heteroatoms. The number of hydrogen-bond acceptors (Lipinski definition) is 3. The second-order valence-electron chi connectivity index (χ2n) is 6.95. The summed E-state index contributed by atoms with van der Waals surface area (Å²) in [5.41, 5.74) is 3.25. The van der Waals surface area contributed by atoms with Crippen LogP contribution in [0.25, 0.3) is 10.9 Å². The Kier molecular flexibility index (Phi) is 6.89. The number of aromatic nitrogens is 1. The molecule has 6 nitrogen and oxygen atoms in total. The molecule has 0 aliphatic heterocycles. The quantitative estimate of drug-likeness (QED) is 0.489. The number of hydrogen-bond donors (Lipinski definition) is 3. The molecule has 3 N–H and O–H groups in total. The second-order valence-corrected chi connectivity index (χ2v) is 6.95. The van der Waals surface area contributed by atoms with Crippen molar-refractivity contribution in [1.82, 2.24) is 15.6 Å². The molecule has 0 bridgehead atoms. The molecular formula is C23H27N3O3. The van der Waals surface area contributed by atoms with Gasteiger partial charge in [0.25, 0.3) is 0 Å². The summed E-state index contributed by atoms with van der Waals surface area (Å²) in [6.07, 6.45) is 3.28. The number of ether oxygens (including phenoxy) is 1. The fourth-order valence-electron chi connectivity index (χ4n) is 3.26. The van der Waals surface area contributed by atoms with E-state index >= 15 is 0 Å². The van der Waals surface area contributed by atoms with Crippen molar-refractivity contribution in [2.75, 3.05) is 13.2 Å². The summed E-state index contributed by atoms with van der Waals surface area (Å²) in [5.74, 6) is 0.307. The maximum Gasteiger partial charge on any atom is 0.243 e. The van der Waals surface area contributed by atoms with Crippen LogP contribution in [0, 0.1) is 0 Å². The van der Waals surface area contributed by atoms with Gasteiger partial charge in [-0.3, -0.25) is 9.59 Å². The van der Waals surface area contributed by atoms with Crippen molar-refractivity contribution in [1.29, 1.82) is 0 Å². The summed E-state index contributed by atoms with van der Waals surface area (Å²) in [5, 5.41) is 6.65. The van der Waals surface area contributed by atoms with Gasteiger partial charge in [-0.2, -0.15) is 0 Å². The first-order chi connectivity index (χ1) is 14.1. The fourth-order valence-corrected chi connectivity index (χ4v) is 3.26. The summed E-state index contributed by atoms with van der Waals surface area (Å²) < 4.78 is 5.67. The number of aromatic amines is 1. The van der Waals surface area contributed by atoms with Crippen LogP contribution in [0.3, 0.4) is 0 Å². The molecule has 3 aromatic rings. The Bertz CT molecular complexity index is 963. The Morgan fingerprint density at radius 2 is 1.86 bits per heavy atom. The van der Waals surface area contributed by atoms with Gasteiger partial charge in [-0.15, -0.1) is 0 Å². The van der Waals surface area contributed by atoms with E-state index in [0.717, 1.165) is 28.6 Å². The maximum absolute atomic E-state index is 12.6. The molecule has 2 aromatic carbocycles. The van der Waals surface area contributed by atoms with E-state index in [9.17, 15) is 9.59 Å². The molecule has 1 unspecified atom stereocenters. The maximum atomic E-state index is 12.6. The molecule has 0 aliphatic carbocycles. The van der Waals surface area contributed by atoms with Crippen molar-refractivity contribution in [2.45, 2.75) is 32.7 Å². The largest absolute Gasteiger partial charge is 0.492 e. The number of aryl methyl sites for hydroxylation is 1. The zero-order valence-electron chi connectivity index (χ0n) is 16.8. The van der Waals surface area contributed by atoms with Gasteiger partial charge in [0.1, 0.15) is 18.4 Å². The summed E-state index contributed by atoms with van der Waals surface area (Å²) in [6, 6.07) is 15.2. The lowest BCUT2D eigenvalue weighted by Gasteiger charge is -2.17. The number of fused-ring (bicyclic) bond motifs is 1. The highest BCUT2D eigenvalue weighted by Gasteiger charge is 2.21. The van der Waals surface area contributed by atoms with E-state index in [1.807, 2.05) is 54.7 Å². The molecule has 3 rings (SSSR count). The Labute approximate surface area is 170 Å². The van der Waals surface area contributed by atoms with Crippen LogP contribution in [0.1, 0.15) is 25.0 Å². The number of amides is 2. The average Bonchev–Trinajstić information content (AvgIpc) is 3.13. The van der Waals surface area contributed by atoms with Crippen LogP contribution in [-0.4, -0.2) is 36.0 Å². The zero-order chi connectivity index (χ0) is 20.6. The molecule has 0 saturated carbocycles. The van der Waals surface area contributed by atoms with Crippen LogP contribution in [0.4, 0.5) is 0 Å². The van der Waals surface area contributed by atoms with E-state index in [1.54, 1.807) is 0 Å². The molecule has 0 fully saturated rings. The highest BCUT2D eigenvalue weighted by molar-refractivity contribution is 5.89. The molecule has 2 amide bonds. The lowest BCUT2D eigenvalue weighted by molar-refractivity contribution is -0.128. The molecule has 29 heavy (non-hydrogen) atoms. The minimum absolute atomic E-state index is 0.226. The minimum atomic E-state index is -0.643. The first-order valence-electron chi connectivity index (χ1n) is 9.88. The SMILES string of the molecule is CCc1ccc(OCCNC(=O)C(Cc2c[nH]c3ccccc23)NC(C)=O)cc1. The van der Waals surface area contributed by atoms with E-state index in [2.05, 4.69) is 22.5 Å². The molecular weight excluding hydrogens is 366 g/mol. The van der Waals surface area contributed by atoms with Crippen molar-refractivity contribution in [3.8, 4) is 5.75 Å². The number of carbonyl (C=O) groups excluding carboxylic acids is 2. The number of para-hydroxylation sites is 1. The third kappa shape index (κ3) is 5.60. The van der Waals surface area contributed by atoms with Crippen LogP contribution in [0.15, 0.2) is 54.7 Å². The van der Waals surface area contributed by atoms with Crippen LogP contribution in [0.2, 0.25) is 0 Å². The van der Waals surface area contributed by atoms with Crippen LogP contribution in [0.5, 0.6) is 5.75 Å². The molecule has 1 atom stereocenters. The van der Waals surface area contributed by atoms with Crippen molar-refractivity contribution in [2.24, 2.45) is 0 Å². The molecule has 1 aromatic heterocycles. The van der Waals surface area contributed by atoms with Crippen molar-refractivity contribution < 1.29 is 14.3 Å². The second kappa shape index (κ2) is 9.78. The molecule has 0 saturated heterocycles. The van der Waals surface area contributed by atoms with E-state index < -0.39 is 6.04 Å². The summed E-state index contributed by atoms with van der Waals surface area (Å²) in [4.78, 5) is 27.4. The van der Waals surface area contributed by atoms with Gasteiger partial charge in [0.15, 0.2) is 0 Å². The molecule has 0 radical (unpaired) electrons. The first-order valence-corrected chi connectivity index (χ1v) is 9.88. The Hall–Kier alpha value is -3.28. The highest BCUT2D eigenvalue weighted by Crippen LogP contribution is 2.19. The number of H-pyrrole nitrogens is 1. The van der Waals surface area contributed by atoms with Crippen LogP contribution in [-0.2, 0) is 22.4 Å². The van der Waals surface area contributed by atoms with Gasteiger partial charge in [-0.25, -0.2) is 0 Å². The first kappa shape index (κ1) is 20.5. The van der Waals surface area contributed by atoms with E-state index in [4.69, 9.17) is 4.74 Å². The summed E-state index contributed by atoms with van der Waals surface area (Å²) in [6.45, 7) is 4.24. The number of benzene rings is 2. The Morgan fingerprint density at radius 1 is 1.10 bits per heavy atom. The van der Waals surface area contributed by atoms with Gasteiger partial charge < -0.3 is 20.4 Å². The van der Waals surface area contributed by atoms with Gasteiger partial charge in [0.05, 0.1) is 6.54 Å². The van der Waals surface area contributed by atoms with E-state index in [0.29, 0.717) is 19.6 Å². The highest BCUT2D eigenvalue weighted by atomic mass is 16.5. The normalized spacial score (nSPS) is 11.8. The predicted octanol–water partition coefficient (Wildman–Crippen LogP) is 2.97. The predicted molar refractivity (Wildman–Crippen MR) is 114 cm³/mol. The Balaban J connectivity index is 1.55. The topological polar surface area (TPSA) is 83.2 Å². The van der Waals surface area contributed by atoms with Gasteiger partial charge in [-0.1, -0.05) is 37.3 Å². The third-order valence-corrected chi connectivity index (χ3v) is 4.79. The van der Waals surface area contributed by atoms with Crippen LogP contribution < -0.4 is 15.4 Å². The fraction of sp³-hybridized carbons (Fsp3) is 0.304. The lowest BCUT2D eigenvalue weighted by Crippen LogP contribution is -2.48. The molecule has 0 aliphatic rings. The third-order valence-electron chi connectivity index (χ3n) is 4.79. The summed E-state index contributed by atoms with van der Waals surface area (Å²) in [7, 11) is 0. The number of rotatable bonds is 9.